The van der Waals surface area contributed by atoms with Crippen molar-refractivity contribution in [1.82, 2.24) is 9.78 Å². The molecule has 7 nitrogen and oxygen atoms in total. The zero-order valence-corrected chi connectivity index (χ0v) is 9.93. The number of ether oxygens (including phenoxy) is 1. The molecule has 0 radical (unpaired) electrons. The maximum absolute atomic E-state index is 11.2. The molecule has 0 saturated heterocycles. The molecule has 1 amide bonds. The summed E-state index contributed by atoms with van der Waals surface area (Å²) in [5, 5.41) is 15.5. The molecule has 2 N–H and O–H groups in total. The second-order valence-electron chi connectivity index (χ2n) is 3.99. The van der Waals surface area contributed by atoms with Gasteiger partial charge in [0, 0.05) is 19.4 Å². The molecule has 0 bridgehead atoms. The van der Waals surface area contributed by atoms with Crippen molar-refractivity contribution in [1.29, 1.82) is 0 Å². The summed E-state index contributed by atoms with van der Waals surface area (Å²) >= 11 is 0. The number of nitrogens with zero attached hydrogens (tertiary/aromatic N) is 2. The lowest BCUT2D eigenvalue weighted by Gasteiger charge is -2.19. The highest BCUT2D eigenvalue weighted by Crippen LogP contribution is 2.16. The standard InChI is InChI=1S/C10H15N3O4/c1-10(2,9(15)16)13-5-4-7(12-13)11-8(14)6-17-3/h4-5H,6H2,1-3H3,(H,15,16)(H,11,12,14). The maximum Gasteiger partial charge on any atom is 0.331 e. The van der Waals surface area contributed by atoms with E-state index in [1.54, 1.807) is 0 Å². The lowest BCUT2D eigenvalue weighted by Crippen LogP contribution is -2.36. The van der Waals surface area contributed by atoms with E-state index in [4.69, 9.17) is 5.11 Å². The highest BCUT2D eigenvalue weighted by molar-refractivity contribution is 5.90. The van der Waals surface area contributed by atoms with Crippen molar-refractivity contribution in [2.45, 2.75) is 19.4 Å². The Morgan fingerprint density at radius 1 is 1.59 bits per heavy atom. The molecule has 0 unspecified atom stereocenters. The molecular formula is C10H15N3O4. The lowest BCUT2D eigenvalue weighted by molar-refractivity contribution is -0.146. The Bertz CT molecular complexity index is 425. The summed E-state index contributed by atoms with van der Waals surface area (Å²) in [7, 11) is 1.41. The minimum absolute atomic E-state index is 0.0742. The van der Waals surface area contributed by atoms with Gasteiger partial charge in [-0.3, -0.25) is 9.48 Å². The third-order valence-electron chi connectivity index (χ3n) is 2.23. The largest absolute Gasteiger partial charge is 0.479 e. The first-order valence-electron chi connectivity index (χ1n) is 4.96. The Hall–Kier alpha value is -1.89. The molecule has 1 rings (SSSR count). The van der Waals surface area contributed by atoms with Crippen molar-refractivity contribution in [3.8, 4) is 0 Å². The first-order chi connectivity index (χ1) is 7.87. The van der Waals surface area contributed by atoms with Crippen LogP contribution in [-0.2, 0) is 19.9 Å². The van der Waals surface area contributed by atoms with Gasteiger partial charge in [0.25, 0.3) is 5.91 Å². The molecule has 94 valence electrons. The average molecular weight is 241 g/mol. The molecule has 0 spiro atoms. The Morgan fingerprint density at radius 3 is 2.76 bits per heavy atom. The second-order valence-corrected chi connectivity index (χ2v) is 3.99. The van der Waals surface area contributed by atoms with Crippen LogP contribution >= 0.6 is 0 Å². The summed E-state index contributed by atoms with van der Waals surface area (Å²) in [6.45, 7) is 2.96. The molecular weight excluding hydrogens is 226 g/mol. The normalized spacial score (nSPS) is 11.2. The summed E-state index contributed by atoms with van der Waals surface area (Å²) in [6.07, 6.45) is 1.50. The van der Waals surface area contributed by atoms with Crippen LogP contribution in [0.2, 0.25) is 0 Å². The second kappa shape index (κ2) is 4.96. The summed E-state index contributed by atoms with van der Waals surface area (Å²) in [5.41, 5.74) is -1.16. The van der Waals surface area contributed by atoms with Gasteiger partial charge in [0.05, 0.1) is 0 Å². The number of anilines is 1. The van der Waals surface area contributed by atoms with E-state index in [2.05, 4.69) is 15.2 Å². The van der Waals surface area contributed by atoms with Crippen LogP contribution in [0.1, 0.15) is 13.8 Å². The van der Waals surface area contributed by atoms with Crippen LogP contribution < -0.4 is 5.32 Å². The fraction of sp³-hybridized carbons (Fsp3) is 0.500. The molecule has 7 heteroatoms. The highest BCUT2D eigenvalue weighted by atomic mass is 16.5. The van der Waals surface area contributed by atoms with Crippen molar-refractivity contribution < 1.29 is 19.4 Å². The zero-order valence-electron chi connectivity index (χ0n) is 9.93. The highest BCUT2D eigenvalue weighted by Gasteiger charge is 2.30. The third-order valence-corrected chi connectivity index (χ3v) is 2.23. The summed E-state index contributed by atoms with van der Waals surface area (Å²) < 4.78 is 5.92. The average Bonchev–Trinajstić information content (AvgIpc) is 2.66. The molecule has 0 aliphatic rings. The number of methoxy groups -OCH3 is 1. The van der Waals surface area contributed by atoms with Gasteiger partial charge in [-0.15, -0.1) is 0 Å². The molecule has 0 aliphatic carbocycles. The SMILES string of the molecule is COCC(=O)Nc1ccn(C(C)(C)C(=O)O)n1. The number of nitrogens with one attached hydrogen (secondary N) is 1. The van der Waals surface area contributed by atoms with Gasteiger partial charge < -0.3 is 15.2 Å². The zero-order chi connectivity index (χ0) is 13.1. The summed E-state index contributed by atoms with van der Waals surface area (Å²) in [4.78, 5) is 22.2. The number of carbonyl (C=O) groups is 2. The number of amides is 1. The van der Waals surface area contributed by atoms with Crippen LogP contribution in [-0.4, -0.2) is 40.5 Å². The smallest absolute Gasteiger partial charge is 0.331 e. The van der Waals surface area contributed by atoms with E-state index in [1.807, 2.05) is 0 Å². The number of hydrogen-bond donors (Lipinski definition) is 2. The van der Waals surface area contributed by atoms with Gasteiger partial charge in [0.2, 0.25) is 0 Å². The van der Waals surface area contributed by atoms with Crippen LogP contribution in [0.25, 0.3) is 0 Å². The Balaban J connectivity index is 2.78. The van der Waals surface area contributed by atoms with Crippen LogP contribution in [0.3, 0.4) is 0 Å². The van der Waals surface area contributed by atoms with E-state index in [9.17, 15) is 9.59 Å². The van der Waals surface area contributed by atoms with E-state index in [0.29, 0.717) is 5.82 Å². The molecule has 0 saturated carbocycles. The van der Waals surface area contributed by atoms with Gasteiger partial charge in [-0.2, -0.15) is 5.10 Å². The van der Waals surface area contributed by atoms with E-state index in [1.165, 1.54) is 37.9 Å². The Morgan fingerprint density at radius 2 is 2.24 bits per heavy atom. The van der Waals surface area contributed by atoms with E-state index in [0.717, 1.165) is 0 Å². The van der Waals surface area contributed by atoms with Gasteiger partial charge in [-0.1, -0.05) is 0 Å². The van der Waals surface area contributed by atoms with Crippen LogP contribution in [0, 0.1) is 0 Å². The number of carboxylic acid groups (broad SMARTS) is 1. The number of aliphatic carboxylic acids is 1. The monoisotopic (exact) mass is 241 g/mol. The first kappa shape index (κ1) is 13.2. The van der Waals surface area contributed by atoms with Crippen LogP contribution in [0.5, 0.6) is 0 Å². The fourth-order valence-electron chi connectivity index (χ4n) is 1.11. The predicted molar refractivity (Wildman–Crippen MR) is 59.7 cm³/mol. The topological polar surface area (TPSA) is 93.5 Å². The molecule has 1 aromatic heterocycles. The number of hydrogen-bond acceptors (Lipinski definition) is 4. The molecule has 0 fully saturated rings. The first-order valence-corrected chi connectivity index (χ1v) is 4.96. The summed E-state index contributed by atoms with van der Waals surface area (Å²) in [6, 6.07) is 1.53. The third kappa shape index (κ3) is 3.04. The van der Waals surface area contributed by atoms with Gasteiger partial charge in [0.15, 0.2) is 11.4 Å². The Kier molecular flexibility index (Phi) is 3.84. The molecule has 0 atom stereocenters. The van der Waals surface area contributed by atoms with E-state index in [-0.39, 0.29) is 12.5 Å². The number of rotatable bonds is 5. The Labute approximate surface area is 98.4 Å². The van der Waals surface area contributed by atoms with E-state index >= 15 is 0 Å². The molecule has 0 aliphatic heterocycles. The number of aromatic nitrogens is 2. The van der Waals surface area contributed by atoms with Crippen molar-refractivity contribution in [2.75, 3.05) is 19.0 Å². The lowest BCUT2D eigenvalue weighted by atomic mass is 10.1. The van der Waals surface area contributed by atoms with Crippen molar-refractivity contribution in [3.05, 3.63) is 12.3 Å². The number of carboxylic acids is 1. The predicted octanol–water partition coefficient (Wildman–Crippen LogP) is 0.288. The van der Waals surface area contributed by atoms with Gasteiger partial charge in [-0.25, -0.2) is 4.79 Å². The molecule has 1 heterocycles. The molecule has 1 aromatic rings. The van der Waals surface area contributed by atoms with Gasteiger partial charge >= 0.3 is 5.97 Å². The molecule has 0 aromatic carbocycles. The maximum atomic E-state index is 11.2. The minimum Gasteiger partial charge on any atom is -0.479 e. The van der Waals surface area contributed by atoms with Crippen LogP contribution in [0.4, 0.5) is 5.82 Å². The number of carbonyl (C=O) groups excluding carboxylic acids is 1. The molecule has 17 heavy (non-hydrogen) atoms. The van der Waals surface area contributed by atoms with Gasteiger partial charge in [0.1, 0.15) is 6.61 Å². The van der Waals surface area contributed by atoms with Crippen molar-refractivity contribution in [2.24, 2.45) is 0 Å². The van der Waals surface area contributed by atoms with Crippen LogP contribution in [0.15, 0.2) is 12.3 Å². The van der Waals surface area contributed by atoms with Crippen molar-refractivity contribution in [3.63, 3.8) is 0 Å². The fourth-order valence-corrected chi connectivity index (χ4v) is 1.11. The van der Waals surface area contributed by atoms with Crippen molar-refractivity contribution >= 4 is 17.7 Å². The van der Waals surface area contributed by atoms with Gasteiger partial charge in [-0.05, 0) is 13.8 Å². The summed E-state index contributed by atoms with van der Waals surface area (Å²) in [5.74, 6) is -1.05. The minimum atomic E-state index is -1.16. The quantitative estimate of drug-likeness (QED) is 0.772. The van der Waals surface area contributed by atoms with E-state index < -0.39 is 11.5 Å².